The monoisotopic (exact) mass is 281 g/mol. The highest BCUT2D eigenvalue weighted by Crippen LogP contribution is 2.34. The number of aryl methyl sites for hydroxylation is 1. The van der Waals surface area contributed by atoms with E-state index in [4.69, 9.17) is 5.73 Å². The van der Waals surface area contributed by atoms with Gasteiger partial charge in [0.1, 0.15) is 5.69 Å². The largest absolute Gasteiger partial charge is 0.368 e. The Hall–Kier alpha value is -3.09. The second kappa shape index (κ2) is 4.78. The van der Waals surface area contributed by atoms with Crippen molar-refractivity contribution in [2.45, 2.75) is 6.92 Å². The van der Waals surface area contributed by atoms with E-state index in [1.54, 1.807) is 31.3 Å². The molecule has 2 aromatic heterocycles. The number of benzene rings is 1. The Kier molecular flexibility index (Phi) is 2.94. The summed E-state index contributed by atoms with van der Waals surface area (Å²) >= 11 is 0. The molecule has 104 valence electrons. The molecule has 0 fully saturated rings. The highest BCUT2D eigenvalue weighted by atomic mass is 16.6. The van der Waals surface area contributed by atoms with Crippen molar-refractivity contribution in [2.24, 2.45) is 0 Å². The molecule has 2 N–H and O–H groups in total. The highest BCUT2D eigenvalue weighted by Gasteiger charge is 2.23. The molecule has 0 bridgehead atoms. The van der Waals surface area contributed by atoms with Crippen LogP contribution >= 0.6 is 0 Å². The number of pyridine rings is 1. The zero-order valence-corrected chi connectivity index (χ0v) is 11.1. The van der Waals surface area contributed by atoms with Crippen LogP contribution in [0.4, 0.5) is 11.6 Å². The lowest BCUT2D eigenvalue weighted by molar-refractivity contribution is -0.385. The summed E-state index contributed by atoms with van der Waals surface area (Å²) in [7, 11) is 0. The first-order valence-electron chi connectivity index (χ1n) is 6.20. The Bertz CT molecular complexity index is 858. The van der Waals surface area contributed by atoms with Gasteiger partial charge in [0.15, 0.2) is 5.69 Å². The number of aromatic nitrogens is 3. The number of nitrogens with zero attached hydrogens (tertiary/aromatic N) is 4. The number of nitrogens with two attached hydrogens (primary N) is 1. The molecule has 0 unspecified atom stereocenters. The van der Waals surface area contributed by atoms with Gasteiger partial charge in [0, 0.05) is 17.1 Å². The van der Waals surface area contributed by atoms with E-state index in [0.717, 1.165) is 10.9 Å². The van der Waals surface area contributed by atoms with E-state index >= 15 is 0 Å². The number of nitro groups is 1. The van der Waals surface area contributed by atoms with E-state index in [1.165, 1.54) is 0 Å². The second-order valence-corrected chi connectivity index (χ2v) is 4.50. The normalized spacial score (nSPS) is 10.7. The van der Waals surface area contributed by atoms with E-state index < -0.39 is 4.92 Å². The van der Waals surface area contributed by atoms with Gasteiger partial charge in [-0.15, -0.1) is 0 Å². The molecular weight excluding hydrogens is 270 g/mol. The summed E-state index contributed by atoms with van der Waals surface area (Å²) in [5, 5.41) is 12.1. The van der Waals surface area contributed by atoms with E-state index in [-0.39, 0.29) is 23.0 Å². The Morgan fingerprint density at radius 2 is 2.00 bits per heavy atom. The van der Waals surface area contributed by atoms with Gasteiger partial charge in [-0.2, -0.15) is 0 Å². The maximum atomic E-state index is 11.3. The topological polar surface area (TPSA) is 108 Å². The lowest BCUT2D eigenvalue weighted by Crippen LogP contribution is -2.05. The molecule has 1 aromatic carbocycles. The third-order valence-corrected chi connectivity index (χ3v) is 3.16. The quantitative estimate of drug-likeness (QED) is 0.571. The molecule has 0 aliphatic rings. The Balaban J connectivity index is 2.41. The van der Waals surface area contributed by atoms with Crippen molar-refractivity contribution in [3.05, 3.63) is 52.3 Å². The van der Waals surface area contributed by atoms with Crippen LogP contribution in [0.5, 0.6) is 0 Å². The van der Waals surface area contributed by atoms with Gasteiger partial charge < -0.3 is 5.73 Å². The van der Waals surface area contributed by atoms with Crippen LogP contribution in [0.25, 0.3) is 22.2 Å². The van der Waals surface area contributed by atoms with Crippen molar-refractivity contribution in [2.75, 3.05) is 5.73 Å². The first-order valence-corrected chi connectivity index (χ1v) is 6.20. The van der Waals surface area contributed by atoms with E-state index in [9.17, 15) is 10.1 Å². The van der Waals surface area contributed by atoms with Gasteiger partial charge in [0.05, 0.1) is 10.4 Å². The van der Waals surface area contributed by atoms with Crippen LogP contribution in [0.3, 0.4) is 0 Å². The minimum Gasteiger partial charge on any atom is -0.368 e. The van der Waals surface area contributed by atoms with Gasteiger partial charge >= 0.3 is 5.69 Å². The number of anilines is 1. The molecule has 7 nitrogen and oxygen atoms in total. The maximum absolute atomic E-state index is 11.3. The van der Waals surface area contributed by atoms with Crippen LogP contribution in [0, 0.1) is 17.0 Å². The number of hydrogen-bond acceptors (Lipinski definition) is 6. The van der Waals surface area contributed by atoms with Crippen LogP contribution < -0.4 is 5.73 Å². The van der Waals surface area contributed by atoms with E-state index in [0.29, 0.717) is 5.56 Å². The zero-order chi connectivity index (χ0) is 15.0. The molecular formula is C14H11N5O2. The third kappa shape index (κ3) is 2.14. The molecule has 2 heterocycles. The predicted molar refractivity (Wildman–Crippen MR) is 78.6 cm³/mol. The van der Waals surface area contributed by atoms with Gasteiger partial charge in [0.2, 0.25) is 5.95 Å². The standard InChI is InChI=1S/C14H11N5O2/c1-8-13(19(20)21)12(18-14(15)17-8)10-4-2-6-11-9(10)5-3-7-16-11/h2-7H,1H3,(H2,15,17,18). The van der Waals surface area contributed by atoms with Gasteiger partial charge in [-0.3, -0.25) is 15.1 Å². The average molecular weight is 281 g/mol. The van der Waals surface area contributed by atoms with Crippen molar-refractivity contribution < 1.29 is 4.92 Å². The summed E-state index contributed by atoms with van der Waals surface area (Å²) in [6.45, 7) is 1.54. The molecule has 0 atom stereocenters. The highest BCUT2D eigenvalue weighted by molar-refractivity contribution is 5.95. The smallest absolute Gasteiger partial charge is 0.316 e. The predicted octanol–water partition coefficient (Wildman–Crippen LogP) is 2.49. The fourth-order valence-electron chi connectivity index (χ4n) is 2.30. The number of rotatable bonds is 2. The van der Waals surface area contributed by atoms with Gasteiger partial charge in [0.25, 0.3) is 0 Å². The van der Waals surface area contributed by atoms with Crippen molar-refractivity contribution >= 4 is 22.5 Å². The van der Waals surface area contributed by atoms with Crippen molar-refractivity contribution in [1.29, 1.82) is 0 Å². The van der Waals surface area contributed by atoms with E-state index in [2.05, 4.69) is 15.0 Å². The molecule has 3 rings (SSSR count). The lowest BCUT2D eigenvalue weighted by Gasteiger charge is -2.08. The Morgan fingerprint density at radius 1 is 1.19 bits per heavy atom. The van der Waals surface area contributed by atoms with Crippen LogP contribution in [-0.4, -0.2) is 19.9 Å². The Labute approximate surface area is 119 Å². The molecule has 0 saturated heterocycles. The van der Waals surface area contributed by atoms with Crippen LogP contribution in [0.15, 0.2) is 36.5 Å². The molecule has 0 saturated carbocycles. The number of fused-ring (bicyclic) bond motifs is 1. The first-order chi connectivity index (χ1) is 10.1. The van der Waals surface area contributed by atoms with Crippen LogP contribution in [0.1, 0.15) is 5.69 Å². The van der Waals surface area contributed by atoms with Crippen molar-refractivity contribution in [1.82, 2.24) is 15.0 Å². The summed E-state index contributed by atoms with van der Waals surface area (Å²) in [4.78, 5) is 23.0. The molecule has 0 aliphatic heterocycles. The molecule has 0 spiro atoms. The Morgan fingerprint density at radius 3 is 2.76 bits per heavy atom. The number of hydrogen-bond donors (Lipinski definition) is 1. The van der Waals surface area contributed by atoms with Gasteiger partial charge in [-0.1, -0.05) is 18.2 Å². The fraction of sp³-hybridized carbons (Fsp3) is 0.0714. The second-order valence-electron chi connectivity index (χ2n) is 4.50. The zero-order valence-electron chi connectivity index (χ0n) is 11.1. The van der Waals surface area contributed by atoms with Crippen molar-refractivity contribution in [3.8, 4) is 11.3 Å². The van der Waals surface area contributed by atoms with E-state index in [1.807, 2.05) is 12.1 Å². The maximum Gasteiger partial charge on any atom is 0.316 e. The lowest BCUT2D eigenvalue weighted by atomic mass is 10.0. The fourth-order valence-corrected chi connectivity index (χ4v) is 2.30. The van der Waals surface area contributed by atoms with Gasteiger partial charge in [-0.25, -0.2) is 9.97 Å². The van der Waals surface area contributed by atoms with Crippen molar-refractivity contribution in [3.63, 3.8) is 0 Å². The molecule has 0 aliphatic carbocycles. The first kappa shape index (κ1) is 12.9. The minimum absolute atomic E-state index is 0.00833. The summed E-state index contributed by atoms with van der Waals surface area (Å²) in [6, 6.07) is 8.99. The SMILES string of the molecule is Cc1nc(N)nc(-c2cccc3ncccc23)c1[N+](=O)[O-]. The molecule has 0 amide bonds. The molecule has 7 heteroatoms. The summed E-state index contributed by atoms with van der Waals surface area (Å²) < 4.78 is 0. The average Bonchev–Trinajstić information content (AvgIpc) is 2.45. The summed E-state index contributed by atoms with van der Waals surface area (Å²) in [5.74, 6) is 0.00833. The summed E-state index contributed by atoms with van der Waals surface area (Å²) in [6.07, 6.45) is 1.67. The van der Waals surface area contributed by atoms with Crippen LogP contribution in [-0.2, 0) is 0 Å². The minimum atomic E-state index is -0.487. The molecule has 0 radical (unpaired) electrons. The third-order valence-electron chi connectivity index (χ3n) is 3.16. The summed E-state index contributed by atoms with van der Waals surface area (Å²) in [5.41, 5.74) is 7.31. The molecule has 3 aromatic rings. The van der Waals surface area contributed by atoms with Crippen LogP contribution in [0.2, 0.25) is 0 Å². The van der Waals surface area contributed by atoms with Gasteiger partial charge in [-0.05, 0) is 19.1 Å². The number of nitrogen functional groups attached to an aromatic ring is 1. The molecule has 21 heavy (non-hydrogen) atoms.